The Morgan fingerprint density at radius 2 is 1.96 bits per heavy atom. The number of nitrogens with zero attached hydrogens (tertiary/aromatic N) is 3. The monoisotopic (exact) mass is 520 g/mol. The van der Waals surface area contributed by atoms with E-state index in [1.165, 1.54) is 12.8 Å². The van der Waals surface area contributed by atoms with Crippen LogP contribution in [0.1, 0.15) is 18.4 Å². The van der Waals surface area contributed by atoms with E-state index in [4.69, 9.17) is 16.3 Å². The number of carbonyl (C=O) groups is 1. The molecule has 2 fully saturated rings. The molecule has 28 heavy (non-hydrogen) atoms. The van der Waals surface area contributed by atoms with Crippen molar-refractivity contribution in [3.63, 3.8) is 0 Å². The second-order valence-corrected chi connectivity index (χ2v) is 7.60. The van der Waals surface area contributed by atoms with Crippen molar-refractivity contribution in [3.8, 4) is 0 Å². The van der Waals surface area contributed by atoms with E-state index >= 15 is 0 Å². The van der Waals surface area contributed by atoms with E-state index in [-0.39, 0.29) is 29.9 Å². The molecule has 8 heteroatoms. The van der Waals surface area contributed by atoms with Gasteiger partial charge in [0.25, 0.3) is 0 Å². The summed E-state index contributed by atoms with van der Waals surface area (Å²) in [6.45, 7) is 5.32. The highest BCUT2D eigenvalue weighted by Crippen LogP contribution is 2.28. The zero-order chi connectivity index (χ0) is 19.1. The summed E-state index contributed by atoms with van der Waals surface area (Å²) >= 11 is 6.00. The summed E-state index contributed by atoms with van der Waals surface area (Å²) < 4.78 is 5.65. The Morgan fingerprint density at radius 1 is 1.25 bits per heavy atom. The smallest absolute Gasteiger partial charge is 0.227 e. The van der Waals surface area contributed by atoms with Gasteiger partial charge in [-0.3, -0.25) is 9.79 Å². The Kier molecular flexibility index (Phi) is 9.81. The van der Waals surface area contributed by atoms with Crippen LogP contribution >= 0.6 is 35.6 Å². The first kappa shape index (κ1) is 23.2. The highest BCUT2D eigenvalue weighted by Gasteiger charge is 2.23. The SMILES string of the molecule is CN=C(NCCOCC1CC1)N1CCN(C(=O)Cc2cccc(Cl)c2)CC1.I. The van der Waals surface area contributed by atoms with Gasteiger partial charge in [0.1, 0.15) is 0 Å². The summed E-state index contributed by atoms with van der Waals surface area (Å²) in [5.41, 5.74) is 0.957. The molecule has 1 heterocycles. The largest absolute Gasteiger partial charge is 0.379 e. The Morgan fingerprint density at radius 3 is 2.61 bits per heavy atom. The van der Waals surface area contributed by atoms with Crippen LogP contribution in [0.25, 0.3) is 0 Å². The molecule has 1 aliphatic heterocycles. The number of amides is 1. The standard InChI is InChI=1S/C20H29ClN4O2.HI/c1-22-20(23-7-12-27-15-16-5-6-16)25-10-8-24(9-11-25)19(26)14-17-3-2-4-18(21)13-17;/h2-4,13,16H,5-12,14-15H2,1H3,(H,22,23);1H. The minimum absolute atomic E-state index is 0. The molecule has 3 rings (SSSR count). The van der Waals surface area contributed by atoms with Crippen molar-refractivity contribution in [1.82, 2.24) is 15.1 Å². The van der Waals surface area contributed by atoms with Gasteiger partial charge in [-0.05, 0) is 36.5 Å². The van der Waals surface area contributed by atoms with E-state index in [9.17, 15) is 4.79 Å². The molecule has 0 aromatic heterocycles. The third kappa shape index (κ3) is 7.40. The fourth-order valence-corrected chi connectivity index (χ4v) is 3.42. The van der Waals surface area contributed by atoms with E-state index in [0.29, 0.717) is 31.1 Å². The number of piperazine rings is 1. The molecule has 0 unspecified atom stereocenters. The number of carbonyl (C=O) groups excluding carboxylic acids is 1. The van der Waals surface area contributed by atoms with Crippen LogP contribution in [0.3, 0.4) is 0 Å². The number of rotatable bonds is 7. The Hall–Kier alpha value is -1.06. The molecule has 1 saturated heterocycles. The average molecular weight is 521 g/mol. The third-order valence-electron chi connectivity index (χ3n) is 4.97. The molecule has 156 valence electrons. The lowest BCUT2D eigenvalue weighted by Gasteiger charge is -2.36. The van der Waals surface area contributed by atoms with Gasteiger partial charge in [0.15, 0.2) is 5.96 Å². The zero-order valence-electron chi connectivity index (χ0n) is 16.4. The van der Waals surface area contributed by atoms with E-state index in [0.717, 1.165) is 43.7 Å². The number of guanidine groups is 1. The summed E-state index contributed by atoms with van der Waals surface area (Å²) in [5.74, 6) is 1.82. The van der Waals surface area contributed by atoms with E-state index in [2.05, 4.69) is 15.2 Å². The number of hydrogen-bond acceptors (Lipinski definition) is 3. The maximum atomic E-state index is 12.5. The van der Waals surface area contributed by atoms with Gasteiger partial charge in [-0.2, -0.15) is 0 Å². The molecule has 0 atom stereocenters. The van der Waals surface area contributed by atoms with E-state index < -0.39 is 0 Å². The maximum absolute atomic E-state index is 12.5. The lowest BCUT2D eigenvalue weighted by atomic mass is 10.1. The van der Waals surface area contributed by atoms with Crippen LogP contribution in [-0.2, 0) is 16.0 Å². The molecular formula is C20H30ClIN4O2. The van der Waals surface area contributed by atoms with Crippen LogP contribution in [0.15, 0.2) is 29.3 Å². The average Bonchev–Trinajstić information content (AvgIpc) is 3.49. The first-order valence-electron chi connectivity index (χ1n) is 9.71. The number of hydrogen-bond donors (Lipinski definition) is 1. The van der Waals surface area contributed by atoms with Crippen molar-refractivity contribution < 1.29 is 9.53 Å². The van der Waals surface area contributed by atoms with Gasteiger partial charge in [0.2, 0.25) is 5.91 Å². The molecule has 1 aromatic rings. The molecular weight excluding hydrogens is 491 g/mol. The van der Waals surface area contributed by atoms with Crippen molar-refractivity contribution in [1.29, 1.82) is 0 Å². The van der Waals surface area contributed by atoms with Crippen molar-refractivity contribution in [2.75, 3.05) is 53.0 Å². The fourth-order valence-electron chi connectivity index (χ4n) is 3.20. The summed E-state index contributed by atoms with van der Waals surface area (Å²) in [6, 6.07) is 7.50. The van der Waals surface area contributed by atoms with Gasteiger partial charge in [0, 0.05) is 51.4 Å². The van der Waals surface area contributed by atoms with Crippen LogP contribution in [0.2, 0.25) is 5.02 Å². The normalized spacial score (nSPS) is 17.3. The number of halogens is 2. The van der Waals surface area contributed by atoms with Crippen molar-refractivity contribution in [2.45, 2.75) is 19.3 Å². The molecule has 1 N–H and O–H groups in total. The number of benzene rings is 1. The van der Waals surface area contributed by atoms with Gasteiger partial charge >= 0.3 is 0 Å². The van der Waals surface area contributed by atoms with E-state index in [1.54, 1.807) is 7.05 Å². The predicted molar refractivity (Wildman–Crippen MR) is 124 cm³/mol. The molecule has 0 radical (unpaired) electrons. The molecule has 2 aliphatic rings. The van der Waals surface area contributed by atoms with Gasteiger partial charge in [0.05, 0.1) is 13.0 Å². The molecule has 1 saturated carbocycles. The van der Waals surface area contributed by atoms with Crippen molar-refractivity contribution in [2.24, 2.45) is 10.9 Å². The summed E-state index contributed by atoms with van der Waals surface area (Å²) in [5, 5.41) is 4.02. The van der Waals surface area contributed by atoms with Gasteiger partial charge in [-0.15, -0.1) is 24.0 Å². The summed E-state index contributed by atoms with van der Waals surface area (Å²) in [6.07, 6.45) is 3.02. The Balaban J connectivity index is 0.00000280. The molecule has 1 aromatic carbocycles. The lowest BCUT2D eigenvalue weighted by molar-refractivity contribution is -0.131. The van der Waals surface area contributed by atoms with E-state index in [1.807, 2.05) is 29.2 Å². The summed E-state index contributed by atoms with van der Waals surface area (Å²) in [7, 11) is 1.80. The molecule has 1 aliphatic carbocycles. The van der Waals surface area contributed by atoms with Crippen molar-refractivity contribution in [3.05, 3.63) is 34.9 Å². The number of aliphatic imine (C=N–C) groups is 1. The molecule has 0 bridgehead atoms. The van der Waals surface area contributed by atoms with Crippen LogP contribution in [0.5, 0.6) is 0 Å². The fraction of sp³-hybridized carbons (Fsp3) is 0.600. The number of ether oxygens (including phenoxy) is 1. The lowest BCUT2D eigenvalue weighted by Crippen LogP contribution is -2.54. The third-order valence-corrected chi connectivity index (χ3v) is 5.20. The molecule has 6 nitrogen and oxygen atoms in total. The van der Waals surface area contributed by atoms with Crippen molar-refractivity contribution >= 4 is 47.4 Å². The Labute approximate surface area is 189 Å². The van der Waals surface area contributed by atoms with Crippen LogP contribution in [0.4, 0.5) is 0 Å². The van der Waals surface area contributed by atoms with Gasteiger partial charge in [-0.25, -0.2) is 0 Å². The molecule has 0 spiro atoms. The van der Waals surface area contributed by atoms with Crippen LogP contribution in [-0.4, -0.2) is 74.7 Å². The molecule has 1 amide bonds. The number of nitrogens with one attached hydrogen (secondary N) is 1. The minimum atomic E-state index is 0. The second kappa shape index (κ2) is 11.8. The zero-order valence-corrected chi connectivity index (χ0v) is 19.5. The highest BCUT2D eigenvalue weighted by molar-refractivity contribution is 14.0. The highest BCUT2D eigenvalue weighted by atomic mass is 127. The maximum Gasteiger partial charge on any atom is 0.227 e. The quantitative estimate of drug-likeness (QED) is 0.260. The van der Waals surface area contributed by atoms with Crippen LogP contribution < -0.4 is 5.32 Å². The first-order valence-corrected chi connectivity index (χ1v) is 10.1. The Bertz CT molecular complexity index is 661. The summed E-state index contributed by atoms with van der Waals surface area (Å²) in [4.78, 5) is 21.0. The first-order chi connectivity index (χ1) is 13.2. The van der Waals surface area contributed by atoms with Gasteiger partial charge < -0.3 is 19.9 Å². The van der Waals surface area contributed by atoms with Gasteiger partial charge in [-0.1, -0.05) is 23.7 Å². The topological polar surface area (TPSA) is 57.2 Å². The predicted octanol–water partition coefficient (Wildman–Crippen LogP) is 2.65. The second-order valence-electron chi connectivity index (χ2n) is 7.17. The van der Waals surface area contributed by atoms with Crippen LogP contribution in [0, 0.1) is 5.92 Å². The minimum Gasteiger partial charge on any atom is -0.379 e.